The number of benzene rings is 2. The van der Waals surface area contributed by atoms with E-state index in [4.69, 9.17) is 14.6 Å². The predicted octanol–water partition coefficient (Wildman–Crippen LogP) is 3.83. The number of carboxylic acid groups (broad SMARTS) is 1. The zero-order valence-corrected chi connectivity index (χ0v) is 19.9. The Balaban J connectivity index is 1.41. The summed E-state index contributed by atoms with van der Waals surface area (Å²) >= 11 is 0. The fourth-order valence-electron chi connectivity index (χ4n) is 5.20. The van der Waals surface area contributed by atoms with Gasteiger partial charge in [0, 0.05) is 19.6 Å². The van der Waals surface area contributed by atoms with Crippen LogP contribution in [0.25, 0.3) is 11.1 Å². The van der Waals surface area contributed by atoms with Crippen LogP contribution in [0.5, 0.6) is 0 Å². The summed E-state index contributed by atoms with van der Waals surface area (Å²) in [6.45, 7) is 0.220. The predicted molar refractivity (Wildman–Crippen MR) is 130 cm³/mol. The van der Waals surface area contributed by atoms with E-state index >= 15 is 0 Å². The SMILES string of the molecule is COC(CNC(=O)C1(NC(=O)OCC2c3ccccc3-c3ccccc32)CCCCC1)CC(=O)O. The minimum atomic E-state index is -1.08. The maximum absolute atomic E-state index is 13.2. The molecule has 4 rings (SSSR count). The van der Waals surface area contributed by atoms with Gasteiger partial charge in [-0.2, -0.15) is 0 Å². The standard InChI is InChI=1S/C27H32N2O6/c1-34-18(15-24(30)31)16-28-25(32)27(13-7-2-8-14-27)29-26(33)35-17-23-21-11-5-3-9-19(21)20-10-4-6-12-22(20)23/h3-6,9-12,18,23H,2,7-8,13-17H2,1H3,(H,28,32)(H,29,33)(H,30,31). The van der Waals surface area contributed by atoms with Gasteiger partial charge in [0.15, 0.2) is 0 Å². The molecule has 0 aromatic heterocycles. The number of carboxylic acids is 1. The molecule has 2 amide bonds. The van der Waals surface area contributed by atoms with Gasteiger partial charge in [-0.3, -0.25) is 9.59 Å². The summed E-state index contributed by atoms with van der Waals surface area (Å²) in [5, 5.41) is 14.6. The molecule has 2 aliphatic carbocycles. The van der Waals surface area contributed by atoms with Crippen LogP contribution in [0.3, 0.4) is 0 Å². The number of alkyl carbamates (subject to hydrolysis) is 1. The molecule has 2 aromatic carbocycles. The molecule has 0 saturated heterocycles. The van der Waals surface area contributed by atoms with Crippen LogP contribution in [0, 0.1) is 0 Å². The van der Waals surface area contributed by atoms with Crippen LogP contribution in [-0.4, -0.2) is 55.0 Å². The van der Waals surface area contributed by atoms with E-state index in [2.05, 4.69) is 34.9 Å². The Kier molecular flexibility index (Phi) is 7.70. The number of amides is 2. The smallest absolute Gasteiger partial charge is 0.408 e. The first-order valence-electron chi connectivity index (χ1n) is 12.1. The van der Waals surface area contributed by atoms with E-state index in [1.54, 1.807) is 0 Å². The molecule has 186 valence electrons. The molecule has 35 heavy (non-hydrogen) atoms. The summed E-state index contributed by atoms with van der Waals surface area (Å²) in [5.74, 6) is -1.41. The van der Waals surface area contributed by atoms with Crippen LogP contribution >= 0.6 is 0 Å². The van der Waals surface area contributed by atoms with E-state index in [-0.39, 0.29) is 31.4 Å². The first-order chi connectivity index (χ1) is 16.9. The Morgan fingerprint density at radius 3 is 2.17 bits per heavy atom. The fraction of sp³-hybridized carbons (Fsp3) is 0.444. The molecule has 8 nitrogen and oxygen atoms in total. The second-order valence-corrected chi connectivity index (χ2v) is 9.26. The van der Waals surface area contributed by atoms with Gasteiger partial charge in [0.1, 0.15) is 12.1 Å². The van der Waals surface area contributed by atoms with Crippen molar-refractivity contribution in [2.75, 3.05) is 20.3 Å². The number of carbonyl (C=O) groups excluding carboxylic acids is 2. The highest BCUT2D eigenvalue weighted by atomic mass is 16.5. The fourth-order valence-corrected chi connectivity index (χ4v) is 5.20. The van der Waals surface area contributed by atoms with E-state index in [1.165, 1.54) is 7.11 Å². The number of methoxy groups -OCH3 is 1. The van der Waals surface area contributed by atoms with Crippen molar-refractivity contribution in [3.05, 3.63) is 59.7 Å². The summed E-state index contributed by atoms with van der Waals surface area (Å²) in [6, 6.07) is 16.2. The van der Waals surface area contributed by atoms with Crippen LogP contribution < -0.4 is 10.6 Å². The van der Waals surface area contributed by atoms with Gasteiger partial charge in [0.05, 0.1) is 12.5 Å². The summed E-state index contributed by atoms with van der Waals surface area (Å²) in [6.07, 6.45) is 2.10. The highest BCUT2D eigenvalue weighted by Gasteiger charge is 2.42. The van der Waals surface area contributed by atoms with Gasteiger partial charge in [0.2, 0.25) is 5.91 Å². The molecule has 8 heteroatoms. The number of hydrogen-bond donors (Lipinski definition) is 3. The Bertz CT molecular complexity index is 1030. The number of aliphatic carboxylic acids is 1. The van der Waals surface area contributed by atoms with Crippen molar-refractivity contribution in [3.63, 3.8) is 0 Å². The topological polar surface area (TPSA) is 114 Å². The van der Waals surface area contributed by atoms with Crippen LogP contribution in [0.4, 0.5) is 4.79 Å². The van der Waals surface area contributed by atoms with Crippen molar-refractivity contribution in [3.8, 4) is 11.1 Å². The molecule has 2 aliphatic rings. The molecule has 0 bridgehead atoms. The second kappa shape index (κ2) is 10.9. The third-order valence-corrected chi connectivity index (χ3v) is 7.05. The number of ether oxygens (including phenoxy) is 2. The number of fused-ring (bicyclic) bond motifs is 3. The van der Waals surface area contributed by atoms with Gasteiger partial charge in [0.25, 0.3) is 0 Å². The zero-order valence-electron chi connectivity index (χ0n) is 19.9. The molecule has 0 heterocycles. The van der Waals surface area contributed by atoms with Gasteiger partial charge in [-0.1, -0.05) is 67.8 Å². The lowest BCUT2D eigenvalue weighted by Gasteiger charge is -2.36. The number of nitrogens with one attached hydrogen (secondary N) is 2. The van der Waals surface area contributed by atoms with Gasteiger partial charge in [-0.05, 0) is 35.1 Å². The summed E-state index contributed by atoms with van der Waals surface area (Å²) in [5.41, 5.74) is 3.46. The molecule has 2 aromatic rings. The van der Waals surface area contributed by atoms with Crippen molar-refractivity contribution >= 4 is 18.0 Å². The Labute approximate surface area is 205 Å². The van der Waals surface area contributed by atoms with Gasteiger partial charge in [-0.15, -0.1) is 0 Å². The summed E-state index contributed by atoms with van der Waals surface area (Å²) < 4.78 is 10.8. The number of carbonyl (C=O) groups is 3. The molecule has 3 N–H and O–H groups in total. The Hall–Kier alpha value is -3.39. The molecule has 1 unspecified atom stereocenters. The molecule has 1 fully saturated rings. The third kappa shape index (κ3) is 5.48. The van der Waals surface area contributed by atoms with Crippen LogP contribution in [0.1, 0.15) is 55.6 Å². The van der Waals surface area contributed by atoms with Crippen molar-refractivity contribution in [2.24, 2.45) is 0 Å². The normalized spacial score (nSPS) is 17.1. The monoisotopic (exact) mass is 480 g/mol. The lowest BCUT2D eigenvalue weighted by atomic mass is 9.81. The van der Waals surface area contributed by atoms with Crippen molar-refractivity contribution in [1.82, 2.24) is 10.6 Å². The maximum atomic E-state index is 13.2. The van der Waals surface area contributed by atoms with Crippen molar-refractivity contribution in [1.29, 1.82) is 0 Å². The van der Waals surface area contributed by atoms with E-state index in [1.807, 2.05) is 24.3 Å². The molecular formula is C27H32N2O6. The summed E-state index contributed by atoms with van der Waals surface area (Å²) in [7, 11) is 1.41. The quantitative estimate of drug-likeness (QED) is 0.503. The third-order valence-electron chi connectivity index (χ3n) is 7.05. The highest BCUT2D eigenvalue weighted by Crippen LogP contribution is 2.44. The van der Waals surface area contributed by atoms with Crippen LogP contribution in [-0.2, 0) is 19.1 Å². The lowest BCUT2D eigenvalue weighted by molar-refractivity contribution is -0.140. The Morgan fingerprint density at radius 2 is 1.60 bits per heavy atom. The molecular weight excluding hydrogens is 448 g/mol. The van der Waals surface area contributed by atoms with Gasteiger partial charge < -0.3 is 25.2 Å². The summed E-state index contributed by atoms with van der Waals surface area (Å²) in [4.78, 5) is 37.1. The van der Waals surface area contributed by atoms with E-state index in [0.717, 1.165) is 41.5 Å². The largest absolute Gasteiger partial charge is 0.481 e. The van der Waals surface area contributed by atoms with Crippen LogP contribution in [0.15, 0.2) is 48.5 Å². The molecule has 1 saturated carbocycles. The average molecular weight is 481 g/mol. The van der Waals surface area contributed by atoms with E-state index < -0.39 is 23.7 Å². The van der Waals surface area contributed by atoms with Crippen LogP contribution in [0.2, 0.25) is 0 Å². The molecule has 0 radical (unpaired) electrons. The minimum absolute atomic E-state index is 0.0513. The zero-order chi connectivity index (χ0) is 24.8. The maximum Gasteiger partial charge on any atom is 0.408 e. The average Bonchev–Trinajstić information content (AvgIpc) is 3.19. The van der Waals surface area contributed by atoms with Gasteiger partial charge in [-0.25, -0.2) is 4.79 Å². The van der Waals surface area contributed by atoms with E-state index in [9.17, 15) is 14.4 Å². The highest BCUT2D eigenvalue weighted by molar-refractivity contribution is 5.90. The minimum Gasteiger partial charge on any atom is -0.481 e. The van der Waals surface area contributed by atoms with Crippen molar-refractivity contribution in [2.45, 2.75) is 56.1 Å². The number of hydrogen-bond acceptors (Lipinski definition) is 5. The number of rotatable bonds is 9. The van der Waals surface area contributed by atoms with Crippen molar-refractivity contribution < 1.29 is 29.0 Å². The first-order valence-corrected chi connectivity index (χ1v) is 12.1. The van der Waals surface area contributed by atoms with Gasteiger partial charge >= 0.3 is 12.1 Å². The first kappa shape index (κ1) is 24.7. The molecule has 1 atom stereocenters. The molecule has 0 spiro atoms. The second-order valence-electron chi connectivity index (χ2n) is 9.26. The lowest BCUT2D eigenvalue weighted by Crippen LogP contribution is -2.60. The molecule has 0 aliphatic heterocycles. The van der Waals surface area contributed by atoms with E-state index in [0.29, 0.717) is 12.8 Å². The Morgan fingerprint density at radius 1 is 1.00 bits per heavy atom.